The average Bonchev–Trinajstić information content (AvgIpc) is 2.68. The lowest BCUT2D eigenvalue weighted by Crippen LogP contribution is -2.52. The van der Waals surface area contributed by atoms with Crippen LogP contribution in [0.25, 0.3) is 0 Å². The molecule has 0 N–H and O–H groups in total. The number of benzene rings is 1. The molecule has 0 saturated carbocycles. The van der Waals surface area contributed by atoms with Gasteiger partial charge in [0.05, 0.1) is 12.2 Å². The molecule has 0 aliphatic carbocycles. The van der Waals surface area contributed by atoms with Gasteiger partial charge in [0.25, 0.3) is 10.2 Å². The van der Waals surface area contributed by atoms with Crippen LogP contribution in [0.15, 0.2) is 48.8 Å². The normalized spacial score (nSPS) is 21.1. The number of aryl methyl sites for hydroxylation is 1. The highest BCUT2D eigenvalue weighted by Gasteiger charge is 2.35. The predicted octanol–water partition coefficient (Wildman–Crippen LogP) is 3.00. The molecule has 2 unspecified atom stereocenters. The second-order valence-electron chi connectivity index (χ2n) is 7.38. The number of morpholine rings is 1. The smallest absolute Gasteiger partial charge is 0.282 e. The van der Waals surface area contributed by atoms with Crippen molar-refractivity contribution in [3.63, 3.8) is 0 Å². The van der Waals surface area contributed by atoms with Crippen molar-refractivity contribution in [3.8, 4) is 0 Å². The minimum atomic E-state index is -3.64. The van der Waals surface area contributed by atoms with Crippen LogP contribution < -0.4 is 0 Å². The molecule has 2 aromatic rings. The summed E-state index contributed by atoms with van der Waals surface area (Å²) in [6, 6.07) is 11.9. The average molecular weight is 404 g/mol. The third-order valence-corrected chi connectivity index (χ3v) is 6.77. The zero-order valence-corrected chi connectivity index (χ0v) is 17.6. The Kier molecular flexibility index (Phi) is 6.82. The Hall–Kier alpha value is -1.80. The molecule has 1 aliphatic heterocycles. The molecule has 152 valence electrons. The summed E-state index contributed by atoms with van der Waals surface area (Å²) >= 11 is 0. The molecular weight excluding hydrogens is 374 g/mol. The highest BCUT2D eigenvalue weighted by atomic mass is 32.2. The van der Waals surface area contributed by atoms with Gasteiger partial charge in [-0.15, -0.1) is 0 Å². The molecule has 0 spiro atoms. The summed E-state index contributed by atoms with van der Waals surface area (Å²) in [6.07, 6.45) is 4.12. The molecule has 0 bridgehead atoms. The summed E-state index contributed by atoms with van der Waals surface area (Å²) in [5, 5.41) is 0. The lowest BCUT2D eigenvalue weighted by atomic mass is 10.1. The van der Waals surface area contributed by atoms with Gasteiger partial charge in [-0.2, -0.15) is 17.0 Å². The first-order chi connectivity index (χ1) is 13.4. The summed E-state index contributed by atoms with van der Waals surface area (Å²) in [7, 11) is -3.64. The highest BCUT2D eigenvalue weighted by molar-refractivity contribution is 7.86. The minimum Gasteiger partial charge on any atom is -0.373 e. The fourth-order valence-electron chi connectivity index (χ4n) is 3.48. The van der Waals surface area contributed by atoms with E-state index in [1.54, 1.807) is 16.7 Å². The Morgan fingerprint density at radius 2 is 1.64 bits per heavy atom. The van der Waals surface area contributed by atoms with Gasteiger partial charge in [-0.05, 0) is 43.0 Å². The molecule has 0 amide bonds. The summed E-state index contributed by atoms with van der Waals surface area (Å²) in [5.41, 5.74) is 3.07. The fraction of sp³-hybridized carbons (Fsp3) is 0.476. The van der Waals surface area contributed by atoms with Gasteiger partial charge < -0.3 is 4.74 Å². The van der Waals surface area contributed by atoms with E-state index in [0.29, 0.717) is 19.6 Å². The third kappa shape index (κ3) is 5.17. The largest absolute Gasteiger partial charge is 0.373 e. The maximum atomic E-state index is 13.5. The highest BCUT2D eigenvalue weighted by Crippen LogP contribution is 2.21. The van der Waals surface area contributed by atoms with Crippen molar-refractivity contribution >= 4 is 10.2 Å². The number of nitrogens with zero attached hydrogens (tertiary/aromatic N) is 3. The van der Waals surface area contributed by atoms with Gasteiger partial charge in [0.1, 0.15) is 0 Å². The molecule has 2 atom stereocenters. The van der Waals surface area contributed by atoms with Crippen LogP contribution in [0.1, 0.15) is 37.5 Å². The molecule has 1 aromatic heterocycles. The van der Waals surface area contributed by atoms with E-state index in [2.05, 4.69) is 24.0 Å². The van der Waals surface area contributed by atoms with Crippen molar-refractivity contribution in [1.82, 2.24) is 13.6 Å². The van der Waals surface area contributed by atoms with E-state index in [1.807, 2.05) is 38.1 Å². The van der Waals surface area contributed by atoms with Crippen LogP contribution in [0.3, 0.4) is 0 Å². The fourth-order valence-corrected chi connectivity index (χ4v) is 5.23. The Morgan fingerprint density at radius 3 is 2.21 bits per heavy atom. The quantitative estimate of drug-likeness (QED) is 0.713. The molecule has 28 heavy (non-hydrogen) atoms. The molecule has 0 radical (unpaired) electrons. The molecule has 2 heterocycles. The molecule has 3 rings (SSSR count). The van der Waals surface area contributed by atoms with Crippen LogP contribution in [0.5, 0.6) is 0 Å². The van der Waals surface area contributed by atoms with Gasteiger partial charge >= 0.3 is 0 Å². The van der Waals surface area contributed by atoms with Gasteiger partial charge in [-0.1, -0.05) is 37.3 Å². The van der Waals surface area contributed by atoms with E-state index in [1.165, 1.54) is 9.87 Å². The summed E-state index contributed by atoms with van der Waals surface area (Å²) in [6.45, 7) is 7.26. The molecule has 1 aliphatic rings. The van der Waals surface area contributed by atoms with E-state index in [4.69, 9.17) is 4.74 Å². The van der Waals surface area contributed by atoms with Crippen LogP contribution in [0, 0.1) is 0 Å². The maximum absolute atomic E-state index is 13.5. The Labute approximate surface area is 168 Å². The topological polar surface area (TPSA) is 62.7 Å². The predicted molar refractivity (Wildman–Crippen MR) is 110 cm³/mol. The van der Waals surface area contributed by atoms with Crippen molar-refractivity contribution in [2.45, 2.75) is 52.5 Å². The summed E-state index contributed by atoms with van der Waals surface area (Å²) < 4.78 is 35.8. The van der Waals surface area contributed by atoms with Crippen LogP contribution in [-0.4, -0.2) is 47.3 Å². The van der Waals surface area contributed by atoms with Crippen molar-refractivity contribution in [1.29, 1.82) is 0 Å². The van der Waals surface area contributed by atoms with E-state index in [-0.39, 0.29) is 18.8 Å². The minimum absolute atomic E-state index is 0.123. The molecule has 1 aromatic carbocycles. The van der Waals surface area contributed by atoms with Gasteiger partial charge in [0, 0.05) is 38.6 Å². The number of ether oxygens (including phenoxy) is 1. The second kappa shape index (κ2) is 9.13. The number of hydrogen-bond donors (Lipinski definition) is 0. The number of rotatable bonds is 7. The summed E-state index contributed by atoms with van der Waals surface area (Å²) in [5.74, 6) is 0. The number of pyridine rings is 1. The first-order valence-corrected chi connectivity index (χ1v) is 11.2. The third-order valence-electron chi connectivity index (χ3n) is 4.91. The van der Waals surface area contributed by atoms with Crippen molar-refractivity contribution in [2.75, 3.05) is 13.1 Å². The van der Waals surface area contributed by atoms with Gasteiger partial charge in [-0.3, -0.25) is 4.98 Å². The van der Waals surface area contributed by atoms with Crippen LogP contribution in [0.4, 0.5) is 0 Å². The van der Waals surface area contributed by atoms with Crippen LogP contribution >= 0.6 is 0 Å². The molecular formula is C21H29N3O3S. The molecule has 6 nitrogen and oxygen atoms in total. The Balaban J connectivity index is 1.87. The Morgan fingerprint density at radius 1 is 1.04 bits per heavy atom. The monoisotopic (exact) mass is 403 g/mol. The lowest BCUT2D eigenvalue weighted by molar-refractivity contribution is -0.0456. The number of hydrogen-bond acceptors (Lipinski definition) is 4. The van der Waals surface area contributed by atoms with E-state index < -0.39 is 10.2 Å². The standard InChI is InChI=1S/C21H29N3O3S/c1-4-19-7-9-20(10-8-19)15-24(16-21-6-5-11-22-12-21)28(25,26)23-13-17(2)27-18(3)14-23/h5-12,17-18H,4,13-16H2,1-3H3. The van der Waals surface area contributed by atoms with Gasteiger partial charge in [0.2, 0.25) is 0 Å². The molecule has 7 heteroatoms. The summed E-state index contributed by atoms with van der Waals surface area (Å²) in [4.78, 5) is 4.13. The van der Waals surface area contributed by atoms with Crippen LogP contribution in [-0.2, 0) is 34.5 Å². The first kappa shape index (κ1) is 20.9. The molecule has 1 fully saturated rings. The zero-order valence-electron chi connectivity index (χ0n) is 16.8. The van der Waals surface area contributed by atoms with Gasteiger partial charge in [-0.25, -0.2) is 0 Å². The van der Waals surface area contributed by atoms with Gasteiger partial charge in [0.15, 0.2) is 0 Å². The van der Waals surface area contributed by atoms with Crippen molar-refractivity contribution in [3.05, 3.63) is 65.5 Å². The zero-order chi connectivity index (χ0) is 20.1. The maximum Gasteiger partial charge on any atom is 0.282 e. The number of aromatic nitrogens is 1. The van der Waals surface area contributed by atoms with Crippen molar-refractivity contribution in [2.24, 2.45) is 0 Å². The lowest BCUT2D eigenvalue weighted by Gasteiger charge is -2.37. The molecule has 1 saturated heterocycles. The SMILES string of the molecule is CCc1ccc(CN(Cc2cccnc2)S(=O)(=O)N2CC(C)OC(C)C2)cc1. The van der Waals surface area contributed by atoms with Crippen LogP contribution in [0.2, 0.25) is 0 Å². The van der Waals surface area contributed by atoms with E-state index in [0.717, 1.165) is 17.5 Å². The van der Waals surface area contributed by atoms with E-state index in [9.17, 15) is 8.42 Å². The Bertz CT molecular complexity index is 846. The first-order valence-electron chi connectivity index (χ1n) is 9.76. The second-order valence-corrected chi connectivity index (χ2v) is 9.31. The van der Waals surface area contributed by atoms with E-state index >= 15 is 0 Å². The van der Waals surface area contributed by atoms with Crippen molar-refractivity contribution < 1.29 is 13.2 Å².